The average molecular weight is 354 g/mol. The molecular formula is C9H15N4O9P. The summed E-state index contributed by atoms with van der Waals surface area (Å²) in [5.41, 5.74) is 3.08. The Morgan fingerprint density at radius 1 is 1.26 bits per heavy atom. The Bertz CT molecular complexity index is 722. The molecule has 0 aromatic carbocycles. The summed E-state index contributed by atoms with van der Waals surface area (Å²) in [5.74, 6) is -0.383. The number of aromatic nitrogens is 2. The van der Waals surface area contributed by atoms with Crippen molar-refractivity contribution >= 4 is 25.5 Å². The zero-order valence-electron chi connectivity index (χ0n) is 11.4. The summed E-state index contributed by atoms with van der Waals surface area (Å²) in [6.07, 6.45) is -4.92. The summed E-state index contributed by atoms with van der Waals surface area (Å²) >= 11 is 0. The standard InChI is InChI=1S/C9H15N4O9P/c10-5-7(12-9(18)13-8(5)17)11-1-3(14)6(16)4(15)2-22-23(19,20)21/h1,3-4,6,14-16H,2,10H2,(H2,19,20,21)(H2,12,13,17,18). The molecule has 0 aliphatic carbocycles. The quantitative estimate of drug-likeness (QED) is 0.178. The van der Waals surface area contributed by atoms with Gasteiger partial charge >= 0.3 is 13.5 Å². The van der Waals surface area contributed by atoms with Gasteiger partial charge in [-0.15, -0.1) is 0 Å². The van der Waals surface area contributed by atoms with Crippen LogP contribution < -0.4 is 17.0 Å². The van der Waals surface area contributed by atoms with Crippen LogP contribution in [0.3, 0.4) is 0 Å². The normalized spacial score (nSPS) is 16.4. The molecule has 0 spiro atoms. The van der Waals surface area contributed by atoms with Crippen molar-refractivity contribution < 1.29 is 34.2 Å². The fraction of sp³-hybridized carbons (Fsp3) is 0.444. The van der Waals surface area contributed by atoms with E-state index in [0.717, 1.165) is 0 Å². The summed E-state index contributed by atoms with van der Waals surface area (Å²) in [7, 11) is -4.85. The van der Waals surface area contributed by atoms with Crippen molar-refractivity contribution in [3.05, 3.63) is 20.8 Å². The number of phosphoric ester groups is 1. The lowest BCUT2D eigenvalue weighted by atomic mass is 10.1. The number of nitrogens with zero attached hydrogens (tertiary/aromatic N) is 1. The molecule has 13 nitrogen and oxygen atoms in total. The maximum absolute atomic E-state index is 11.2. The van der Waals surface area contributed by atoms with Crippen LogP contribution in [-0.4, -0.2) is 66.2 Å². The van der Waals surface area contributed by atoms with Crippen LogP contribution in [0.5, 0.6) is 0 Å². The monoisotopic (exact) mass is 354 g/mol. The lowest BCUT2D eigenvalue weighted by molar-refractivity contribution is -0.0532. The number of aromatic amines is 2. The van der Waals surface area contributed by atoms with Gasteiger partial charge in [0.15, 0.2) is 5.82 Å². The molecule has 3 atom stereocenters. The molecule has 0 saturated heterocycles. The molecule has 0 amide bonds. The second-order valence-corrected chi connectivity index (χ2v) is 5.52. The van der Waals surface area contributed by atoms with Crippen LogP contribution in [0.1, 0.15) is 0 Å². The van der Waals surface area contributed by atoms with E-state index in [0.29, 0.717) is 6.21 Å². The van der Waals surface area contributed by atoms with Crippen LogP contribution in [0.15, 0.2) is 14.6 Å². The Kier molecular flexibility index (Phi) is 6.35. The van der Waals surface area contributed by atoms with Crippen LogP contribution in [0.4, 0.5) is 11.5 Å². The molecule has 0 radical (unpaired) electrons. The maximum Gasteiger partial charge on any atom is 0.469 e. The van der Waals surface area contributed by atoms with Gasteiger partial charge in [0.2, 0.25) is 0 Å². The van der Waals surface area contributed by atoms with Gasteiger partial charge in [-0.05, 0) is 0 Å². The topological polar surface area (TPSA) is 232 Å². The van der Waals surface area contributed by atoms with Crippen molar-refractivity contribution in [2.45, 2.75) is 18.3 Å². The molecule has 1 heterocycles. The number of H-pyrrole nitrogens is 2. The average Bonchev–Trinajstić information content (AvgIpc) is 2.44. The molecule has 14 heteroatoms. The Balaban J connectivity index is 2.78. The molecule has 0 bridgehead atoms. The maximum atomic E-state index is 11.2. The second kappa shape index (κ2) is 7.61. The lowest BCUT2D eigenvalue weighted by Crippen LogP contribution is -2.40. The van der Waals surface area contributed by atoms with Crippen LogP contribution in [0.2, 0.25) is 0 Å². The number of nitrogen functional groups attached to an aromatic ring is 1. The van der Waals surface area contributed by atoms with Gasteiger partial charge in [0.05, 0.1) is 6.61 Å². The summed E-state index contributed by atoms with van der Waals surface area (Å²) in [4.78, 5) is 46.6. The number of phosphoric acid groups is 1. The minimum Gasteiger partial charge on any atom is -0.391 e. The summed E-state index contributed by atoms with van der Waals surface area (Å²) in [5, 5.41) is 28.5. The number of aliphatic hydroxyl groups excluding tert-OH is 3. The number of hydrogen-bond acceptors (Lipinski definition) is 9. The SMILES string of the molecule is Nc1c(N=CC(O)C(O)C(O)COP(=O)(O)O)[nH]c(=O)[nH]c1=O. The van der Waals surface area contributed by atoms with Gasteiger partial charge < -0.3 is 30.8 Å². The highest BCUT2D eigenvalue weighted by Gasteiger charge is 2.26. The first-order valence-corrected chi connectivity index (χ1v) is 7.45. The van der Waals surface area contributed by atoms with E-state index in [2.05, 4.69) is 14.5 Å². The molecule has 1 rings (SSSR count). The van der Waals surface area contributed by atoms with Crippen LogP contribution in [-0.2, 0) is 9.09 Å². The lowest BCUT2D eigenvalue weighted by Gasteiger charge is -2.20. The van der Waals surface area contributed by atoms with Crippen molar-refractivity contribution in [2.75, 3.05) is 12.3 Å². The third kappa shape index (κ3) is 6.03. The fourth-order valence-corrected chi connectivity index (χ4v) is 1.67. The highest BCUT2D eigenvalue weighted by atomic mass is 31.2. The summed E-state index contributed by atoms with van der Waals surface area (Å²) in [6.45, 7) is -0.958. The number of hydrogen-bond donors (Lipinski definition) is 8. The third-order valence-corrected chi connectivity index (χ3v) is 2.96. The fourth-order valence-electron chi connectivity index (χ4n) is 1.32. The molecule has 0 fully saturated rings. The van der Waals surface area contributed by atoms with E-state index in [4.69, 9.17) is 15.5 Å². The molecule has 0 aliphatic rings. The van der Waals surface area contributed by atoms with Gasteiger partial charge in [-0.3, -0.25) is 19.3 Å². The zero-order valence-corrected chi connectivity index (χ0v) is 12.3. The Hall–Kier alpha value is -1.86. The largest absolute Gasteiger partial charge is 0.469 e. The van der Waals surface area contributed by atoms with Gasteiger partial charge in [-0.25, -0.2) is 14.4 Å². The Labute approximate surface area is 127 Å². The van der Waals surface area contributed by atoms with Crippen molar-refractivity contribution in [3.63, 3.8) is 0 Å². The van der Waals surface area contributed by atoms with E-state index in [-0.39, 0.29) is 5.82 Å². The number of aliphatic hydroxyl groups is 3. The molecule has 0 aliphatic heterocycles. The van der Waals surface area contributed by atoms with Gasteiger partial charge in [0.25, 0.3) is 5.56 Å². The van der Waals surface area contributed by atoms with Crippen molar-refractivity contribution in [2.24, 2.45) is 4.99 Å². The molecule has 1 aromatic heterocycles. The first kappa shape index (κ1) is 19.2. The Morgan fingerprint density at radius 3 is 2.43 bits per heavy atom. The second-order valence-electron chi connectivity index (χ2n) is 4.28. The first-order valence-electron chi connectivity index (χ1n) is 5.92. The molecule has 1 aromatic rings. The number of nitrogens with two attached hydrogens (primary N) is 1. The van der Waals surface area contributed by atoms with Crippen LogP contribution in [0, 0.1) is 0 Å². The van der Waals surface area contributed by atoms with E-state index >= 15 is 0 Å². The predicted octanol–water partition coefficient (Wildman–Crippen LogP) is -3.46. The van der Waals surface area contributed by atoms with Gasteiger partial charge in [0.1, 0.15) is 24.0 Å². The predicted molar refractivity (Wildman–Crippen MR) is 76.3 cm³/mol. The highest BCUT2D eigenvalue weighted by Crippen LogP contribution is 2.35. The zero-order chi connectivity index (χ0) is 17.8. The van der Waals surface area contributed by atoms with Gasteiger partial charge in [-0.2, -0.15) is 0 Å². The van der Waals surface area contributed by atoms with E-state index in [1.807, 2.05) is 4.98 Å². The molecule has 23 heavy (non-hydrogen) atoms. The minimum atomic E-state index is -4.85. The molecule has 0 saturated carbocycles. The van der Waals surface area contributed by atoms with Crippen molar-refractivity contribution in [3.8, 4) is 0 Å². The van der Waals surface area contributed by atoms with E-state index in [1.54, 1.807) is 0 Å². The van der Waals surface area contributed by atoms with Crippen molar-refractivity contribution in [1.29, 1.82) is 0 Å². The Morgan fingerprint density at radius 2 is 1.87 bits per heavy atom. The molecule has 3 unspecified atom stereocenters. The summed E-state index contributed by atoms with van der Waals surface area (Å²) in [6, 6.07) is 0. The number of anilines is 1. The highest BCUT2D eigenvalue weighted by molar-refractivity contribution is 7.46. The minimum absolute atomic E-state index is 0.383. The van der Waals surface area contributed by atoms with E-state index in [9.17, 15) is 29.5 Å². The third-order valence-electron chi connectivity index (χ3n) is 2.47. The molecule has 9 N–H and O–H groups in total. The van der Waals surface area contributed by atoms with Gasteiger partial charge in [-0.1, -0.05) is 0 Å². The smallest absolute Gasteiger partial charge is 0.391 e. The van der Waals surface area contributed by atoms with Crippen molar-refractivity contribution in [1.82, 2.24) is 9.97 Å². The number of aliphatic imine (C=N–C) groups is 1. The van der Waals surface area contributed by atoms with E-state index in [1.165, 1.54) is 0 Å². The number of nitrogens with one attached hydrogen (secondary N) is 2. The van der Waals surface area contributed by atoms with Gasteiger partial charge in [0, 0.05) is 6.21 Å². The van der Waals surface area contributed by atoms with Crippen LogP contribution in [0.25, 0.3) is 0 Å². The molecule has 130 valence electrons. The van der Waals surface area contributed by atoms with Crippen LogP contribution >= 0.6 is 7.82 Å². The first-order chi connectivity index (χ1) is 10.5. The molecular weight excluding hydrogens is 339 g/mol. The summed E-state index contributed by atoms with van der Waals surface area (Å²) < 4.78 is 14.4. The number of rotatable bonds is 7. The van der Waals surface area contributed by atoms with E-state index < -0.39 is 49.7 Å².